The molecule has 0 saturated carbocycles. The second-order valence-corrected chi connectivity index (χ2v) is 7.93. The summed E-state index contributed by atoms with van der Waals surface area (Å²) in [5.41, 5.74) is 0.220. The SMILES string of the molecule is O=C([O-])c1ccccc1.c1ccc([S+](c2ccccc2)c2ccccc2)cc1. The molecule has 0 amide bonds. The van der Waals surface area contributed by atoms with Gasteiger partial charge in [-0.25, -0.2) is 0 Å². The van der Waals surface area contributed by atoms with Gasteiger partial charge in [-0.05, 0) is 42.0 Å². The normalized spacial score (nSPS) is 10.0. The molecule has 2 nitrogen and oxygen atoms in total. The number of rotatable bonds is 4. The Kier molecular flexibility index (Phi) is 7.05. The third-order valence-corrected chi connectivity index (χ3v) is 6.18. The molecule has 0 aromatic heterocycles. The van der Waals surface area contributed by atoms with Crippen molar-refractivity contribution in [2.24, 2.45) is 0 Å². The van der Waals surface area contributed by atoms with Crippen LogP contribution in [-0.4, -0.2) is 5.97 Å². The van der Waals surface area contributed by atoms with Crippen LogP contribution < -0.4 is 5.11 Å². The van der Waals surface area contributed by atoms with Gasteiger partial charge in [0.1, 0.15) is 0 Å². The molecule has 0 saturated heterocycles. The van der Waals surface area contributed by atoms with Crippen molar-refractivity contribution in [3.8, 4) is 0 Å². The van der Waals surface area contributed by atoms with E-state index in [1.807, 2.05) is 0 Å². The number of carboxylic acids is 1. The molecule has 0 aliphatic carbocycles. The topological polar surface area (TPSA) is 40.1 Å². The lowest BCUT2D eigenvalue weighted by molar-refractivity contribution is -0.255. The number of aromatic carboxylic acids is 1. The largest absolute Gasteiger partial charge is 0.545 e. The summed E-state index contributed by atoms with van der Waals surface area (Å²) in [6, 6.07) is 40.2. The van der Waals surface area contributed by atoms with Crippen molar-refractivity contribution in [2.45, 2.75) is 14.7 Å². The van der Waals surface area contributed by atoms with Crippen LogP contribution in [0.4, 0.5) is 0 Å². The smallest absolute Gasteiger partial charge is 0.166 e. The quantitative estimate of drug-likeness (QED) is 0.473. The van der Waals surface area contributed by atoms with Crippen LogP contribution in [0.15, 0.2) is 136 Å². The molecule has 0 atom stereocenters. The summed E-state index contributed by atoms with van der Waals surface area (Å²) < 4.78 is 0. The zero-order valence-electron chi connectivity index (χ0n) is 15.3. The van der Waals surface area contributed by atoms with Gasteiger partial charge in [-0.1, -0.05) is 84.9 Å². The third kappa shape index (κ3) is 5.35. The van der Waals surface area contributed by atoms with E-state index in [0.29, 0.717) is 0 Å². The van der Waals surface area contributed by atoms with Crippen molar-refractivity contribution < 1.29 is 9.90 Å². The monoisotopic (exact) mass is 384 g/mol. The Morgan fingerprint density at radius 2 is 0.786 bits per heavy atom. The van der Waals surface area contributed by atoms with E-state index in [2.05, 4.69) is 91.0 Å². The van der Waals surface area contributed by atoms with E-state index in [4.69, 9.17) is 0 Å². The van der Waals surface area contributed by atoms with Gasteiger partial charge in [-0.2, -0.15) is 0 Å². The van der Waals surface area contributed by atoms with Gasteiger partial charge >= 0.3 is 0 Å². The average Bonchev–Trinajstić information content (AvgIpc) is 2.77. The second kappa shape index (κ2) is 10.1. The van der Waals surface area contributed by atoms with Crippen LogP contribution in [0, 0.1) is 0 Å². The number of carbonyl (C=O) groups is 1. The Morgan fingerprint density at radius 1 is 0.500 bits per heavy atom. The Bertz CT molecular complexity index is 878. The van der Waals surface area contributed by atoms with Gasteiger partial charge in [0, 0.05) is 0 Å². The lowest BCUT2D eigenvalue weighted by atomic mass is 10.2. The van der Waals surface area contributed by atoms with Gasteiger partial charge in [0.05, 0.1) is 16.9 Å². The van der Waals surface area contributed by atoms with Gasteiger partial charge in [0.25, 0.3) is 0 Å². The molecule has 0 fully saturated rings. The molecule has 28 heavy (non-hydrogen) atoms. The Hall–Kier alpha value is -3.30. The Labute approximate surface area is 168 Å². The van der Waals surface area contributed by atoms with Gasteiger partial charge < -0.3 is 9.90 Å². The summed E-state index contributed by atoms with van der Waals surface area (Å²) in [4.78, 5) is 14.2. The highest BCUT2D eigenvalue weighted by Gasteiger charge is 2.27. The molecule has 0 spiro atoms. The molecular formula is C25H20O2S. The zero-order chi connectivity index (χ0) is 19.6. The van der Waals surface area contributed by atoms with E-state index in [1.165, 1.54) is 26.8 Å². The molecule has 4 aromatic rings. The molecule has 3 heteroatoms. The highest BCUT2D eigenvalue weighted by atomic mass is 32.2. The van der Waals surface area contributed by atoms with Crippen LogP contribution >= 0.6 is 0 Å². The molecule has 0 unspecified atom stereocenters. The van der Waals surface area contributed by atoms with Crippen LogP contribution in [0.2, 0.25) is 0 Å². The van der Waals surface area contributed by atoms with Crippen molar-refractivity contribution in [2.75, 3.05) is 0 Å². The molecule has 0 bridgehead atoms. The molecule has 0 N–H and O–H groups in total. The highest BCUT2D eigenvalue weighted by Crippen LogP contribution is 2.30. The molecule has 4 aromatic carbocycles. The maximum atomic E-state index is 10.1. The van der Waals surface area contributed by atoms with Crippen LogP contribution in [0.3, 0.4) is 0 Å². The van der Waals surface area contributed by atoms with E-state index in [1.54, 1.807) is 18.2 Å². The van der Waals surface area contributed by atoms with Gasteiger partial charge in [-0.3, -0.25) is 0 Å². The lowest BCUT2D eigenvalue weighted by Crippen LogP contribution is -2.21. The predicted octanol–water partition coefficient (Wildman–Crippen LogP) is 4.83. The Morgan fingerprint density at radius 3 is 1.04 bits per heavy atom. The Balaban J connectivity index is 0.000000211. The van der Waals surface area contributed by atoms with E-state index in [-0.39, 0.29) is 16.5 Å². The number of carbonyl (C=O) groups excluding carboxylic acids is 1. The first-order chi connectivity index (χ1) is 13.8. The van der Waals surface area contributed by atoms with E-state index < -0.39 is 5.97 Å². The lowest BCUT2D eigenvalue weighted by Gasteiger charge is -2.07. The minimum absolute atomic E-state index is 0.0146. The van der Waals surface area contributed by atoms with Gasteiger partial charge in [0.2, 0.25) is 0 Å². The summed E-state index contributed by atoms with van der Waals surface area (Å²) >= 11 is 0. The van der Waals surface area contributed by atoms with E-state index in [0.717, 1.165) is 0 Å². The number of benzene rings is 4. The first kappa shape index (κ1) is 19.5. The number of carboxylic acid groups (broad SMARTS) is 1. The van der Waals surface area contributed by atoms with Crippen molar-refractivity contribution in [1.29, 1.82) is 0 Å². The minimum atomic E-state index is -1.13. The highest BCUT2D eigenvalue weighted by molar-refractivity contribution is 7.97. The summed E-state index contributed by atoms with van der Waals surface area (Å²) in [5, 5.41) is 10.1. The zero-order valence-corrected chi connectivity index (χ0v) is 16.1. The van der Waals surface area contributed by atoms with Crippen molar-refractivity contribution in [3.05, 3.63) is 127 Å². The molecule has 0 aliphatic rings. The molecule has 4 rings (SSSR count). The van der Waals surface area contributed by atoms with Gasteiger partial charge in [0.15, 0.2) is 14.7 Å². The molecule has 0 radical (unpaired) electrons. The molecular weight excluding hydrogens is 364 g/mol. The van der Waals surface area contributed by atoms with Crippen molar-refractivity contribution in [3.63, 3.8) is 0 Å². The van der Waals surface area contributed by atoms with E-state index in [9.17, 15) is 9.90 Å². The maximum Gasteiger partial charge on any atom is 0.166 e. The average molecular weight is 385 g/mol. The van der Waals surface area contributed by atoms with E-state index >= 15 is 0 Å². The van der Waals surface area contributed by atoms with Crippen molar-refractivity contribution in [1.82, 2.24) is 0 Å². The van der Waals surface area contributed by atoms with Gasteiger partial charge in [-0.15, -0.1) is 0 Å². The fraction of sp³-hybridized carbons (Fsp3) is 0. The maximum absolute atomic E-state index is 10.1. The van der Waals surface area contributed by atoms with Crippen LogP contribution in [0.5, 0.6) is 0 Å². The molecule has 138 valence electrons. The molecule has 0 aliphatic heterocycles. The van der Waals surface area contributed by atoms with Crippen LogP contribution in [0.1, 0.15) is 10.4 Å². The minimum Gasteiger partial charge on any atom is -0.545 e. The van der Waals surface area contributed by atoms with Crippen LogP contribution in [0.25, 0.3) is 0 Å². The number of hydrogen-bond acceptors (Lipinski definition) is 2. The van der Waals surface area contributed by atoms with Crippen molar-refractivity contribution >= 4 is 16.9 Å². The van der Waals surface area contributed by atoms with Crippen LogP contribution in [-0.2, 0) is 10.9 Å². The predicted molar refractivity (Wildman–Crippen MR) is 112 cm³/mol. The fourth-order valence-electron chi connectivity index (χ4n) is 2.65. The fourth-order valence-corrected chi connectivity index (χ4v) is 4.76. The number of hydrogen-bond donors (Lipinski definition) is 0. The second-order valence-electron chi connectivity index (χ2n) is 5.90. The standard InChI is InChI=1S/C18H15S.C7H6O2/c1-4-10-16(11-5-1)19(17-12-6-2-7-13-17)18-14-8-3-9-15-18;8-7(9)6-4-2-1-3-5-6/h1-15H;1-5H,(H,8,9)/q+1;/p-1. The summed E-state index contributed by atoms with van der Waals surface area (Å²) in [6.07, 6.45) is 0. The third-order valence-electron chi connectivity index (χ3n) is 3.95. The summed E-state index contributed by atoms with van der Waals surface area (Å²) in [7, 11) is -0.0146. The first-order valence-electron chi connectivity index (χ1n) is 8.91. The summed E-state index contributed by atoms with van der Waals surface area (Å²) in [5.74, 6) is -1.13. The molecule has 0 heterocycles. The summed E-state index contributed by atoms with van der Waals surface area (Å²) in [6.45, 7) is 0. The first-order valence-corrected chi connectivity index (χ1v) is 10.1.